The van der Waals surface area contributed by atoms with Gasteiger partial charge in [-0.1, -0.05) is 59.6 Å². The summed E-state index contributed by atoms with van der Waals surface area (Å²) < 4.78 is 10.2. The Balaban J connectivity index is 2.23. The maximum absolute atomic E-state index is 5.12. The van der Waals surface area contributed by atoms with Crippen molar-refractivity contribution in [2.24, 2.45) is 0 Å². The van der Waals surface area contributed by atoms with Crippen LogP contribution >= 0.6 is 23.5 Å². The zero-order valence-electron chi connectivity index (χ0n) is 12.7. The topological polar surface area (TPSA) is 18.5 Å². The molecule has 0 aliphatic rings. The molecule has 0 heterocycles. The second-order valence-electron chi connectivity index (χ2n) is 4.34. The van der Waals surface area contributed by atoms with Gasteiger partial charge in [0.2, 0.25) is 0 Å². The molecular formula is C18H18O2S2. The predicted molar refractivity (Wildman–Crippen MR) is 94.3 cm³/mol. The third-order valence-electron chi connectivity index (χ3n) is 2.77. The molecular weight excluding hydrogens is 312 g/mol. The highest BCUT2D eigenvalue weighted by atomic mass is 32.2. The largest absolute Gasteiger partial charge is 0.374 e. The van der Waals surface area contributed by atoms with Gasteiger partial charge in [0.15, 0.2) is 0 Å². The van der Waals surface area contributed by atoms with Crippen molar-refractivity contribution >= 4 is 23.5 Å². The summed E-state index contributed by atoms with van der Waals surface area (Å²) in [5.74, 6) is 7.80. The summed E-state index contributed by atoms with van der Waals surface area (Å²) in [6.45, 7) is 0. The molecule has 0 fully saturated rings. The average Bonchev–Trinajstić information content (AvgIpc) is 2.57. The number of thioether (sulfide) groups is 2. The van der Waals surface area contributed by atoms with Gasteiger partial charge in [-0.3, -0.25) is 0 Å². The summed E-state index contributed by atoms with van der Waals surface area (Å²) in [4.78, 5) is 2.28. The van der Waals surface area contributed by atoms with E-state index < -0.39 is 0 Å². The number of rotatable bonds is 6. The minimum atomic E-state index is 0.624. The van der Waals surface area contributed by atoms with Gasteiger partial charge in [0.25, 0.3) is 0 Å². The Morgan fingerprint density at radius 1 is 0.727 bits per heavy atom. The molecule has 0 unspecified atom stereocenters. The summed E-state index contributed by atoms with van der Waals surface area (Å²) in [5, 5.41) is 0. The third-order valence-corrected chi connectivity index (χ3v) is 4.81. The fraction of sp³-hybridized carbons (Fsp3) is 0.222. The maximum Gasteiger partial charge on any atom is 0.0963 e. The minimum Gasteiger partial charge on any atom is -0.374 e. The van der Waals surface area contributed by atoms with E-state index in [2.05, 4.69) is 24.0 Å². The Morgan fingerprint density at radius 2 is 1.14 bits per heavy atom. The van der Waals surface area contributed by atoms with Crippen molar-refractivity contribution in [2.75, 3.05) is 26.1 Å². The average molecular weight is 330 g/mol. The molecule has 0 saturated carbocycles. The lowest BCUT2D eigenvalue weighted by atomic mass is 10.2. The highest BCUT2D eigenvalue weighted by Crippen LogP contribution is 2.24. The standard InChI is InChI=1S/C18H18O2S2/c1-19-13-21-17-9-5-3-7-15(17)11-12-16-8-4-6-10-18(16)22-14-20-2/h3-10H,13-14H2,1-2H3. The molecule has 0 aliphatic heterocycles. The second kappa shape index (κ2) is 9.60. The van der Waals surface area contributed by atoms with Crippen LogP contribution in [0.25, 0.3) is 0 Å². The van der Waals surface area contributed by atoms with Gasteiger partial charge < -0.3 is 9.47 Å². The number of hydrogen-bond donors (Lipinski definition) is 0. The lowest BCUT2D eigenvalue weighted by Gasteiger charge is -2.04. The first-order valence-corrected chi connectivity index (χ1v) is 8.76. The first-order chi connectivity index (χ1) is 10.8. The molecule has 0 bridgehead atoms. The molecule has 4 heteroatoms. The molecule has 114 valence electrons. The third kappa shape index (κ3) is 5.11. The maximum atomic E-state index is 5.12. The number of ether oxygens (including phenoxy) is 2. The van der Waals surface area contributed by atoms with Crippen LogP contribution in [0.15, 0.2) is 58.3 Å². The summed E-state index contributed by atoms with van der Waals surface area (Å²) in [6.07, 6.45) is 0. The van der Waals surface area contributed by atoms with Crippen LogP contribution in [0.2, 0.25) is 0 Å². The molecule has 0 saturated heterocycles. The van der Waals surface area contributed by atoms with E-state index in [0.29, 0.717) is 11.9 Å². The molecule has 2 rings (SSSR count). The van der Waals surface area contributed by atoms with Crippen LogP contribution in [0.4, 0.5) is 0 Å². The van der Waals surface area contributed by atoms with Crippen molar-refractivity contribution in [1.29, 1.82) is 0 Å². The Morgan fingerprint density at radius 3 is 1.55 bits per heavy atom. The highest BCUT2D eigenvalue weighted by molar-refractivity contribution is 7.99. The normalized spacial score (nSPS) is 10.1. The molecule has 2 aromatic carbocycles. The summed E-state index contributed by atoms with van der Waals surface area (Å²) in [5.41, 5.74) is 2.05. The van der Waals surface area contributed by atoms with E-state index in [4.69, 9.17) is 9.47 Å². The second-order valence-corrected chi connectivity index (χ2v) is 6.27. The minimum absolute atomic E-state index is 0.624. The lowest BCUT2D eigenvalue weighted by molar-refractivity contribution is 0.259. The van der Waals surface area contributed by atoms with E-state index in [0.717, 1.165) is 20.9 Å². The Bertz CT molecular complexity index is 604. The zero-order valence-corrected chi connectivity index (χ0v) is 14.3. The molecule has 0 aromatic heterocycles. The van der Waals surface area contributed by atoms with Crippen molar-refractivity contribution in [3.63, 3.8) is 0 Å². The number of hydrogen-bond acceptors (Lipinski definition) is 4. The first kappa shape index (κ1) is 17.0. The van der Waals surface area contributed by atoms with Gasteiger partial charge in [0.05, 0.1) is 11.9 Å². The Labute approximate surface area is 140 Å². The fourth-order valence-electron chi connectivity index (χ4n) is 1.77. The Hall–Kier alpha value is -1.38. The molecule has 22 heavy (non-hydrogen) atoms. The van der Waals surface area contributed by atoms with Crippen LogP contribution in [0.3, 0.4) is 0 Å². The number of methoxy groups -OCH3 is 2. The quantitative estimate of drug-likeness (QED) is 0.441. The van der Waals surface area contributed by atoms with Crippen LogP contribution < -0.4 is 0 Å². The van der Waals surface area contributed by atoms with Crippen LogP contribution in [-0.2, 0) is 9.47 Å². The van der Waals surface area contributed by atoms with Gasteiger partial charge in [0.1, 0.15) is 0 Å². The summed E-state index contributed by atoms with van der Waals surface area (Å²) >= 11 is 3.30. The highest BCUT2D eigenvalue weighted by Gasteiger charge is 2.01. The van der Waals surface area contributed by atoms with Gasteiger partial charge in [-0.2, -0.15) is 0 Å². The van der Waals surface area contributed by atoms with Crippen molar-refractivity contribution < 1.29 is 9.47 Å². The van der Waals surface area contributed by atoms with Crippen molar-refractivity contribution in [3.8, 4) is 11.8 Å². The molecule has 0 N–H and O–H groups in total. The van der Waals surface area contributed by atoms with Gasteiger partial charge in [-0.05, 0) is 24.3 Å². The Kier molecular flexibility index (Phi) is 7.41. The van der Waals surface area contributed by atoms with Gasteiger partial charge in [0, 0.05) is 35.1 Å². The zero-order chi connectivity index (χ0) is 15.6. The monoisotopic (exact) mass is 330 g/mol. The van der Waals surface area contributed by atoms with Gasteiger partial charge in [-0.25, -0.2) is 0 Å². The predicted octanol–water partition coefficient (Wildman–Crippen LogP) is 4.48. The van der Waals surface area contributed by atoms with Crippen LogP contribution in [0.1, 0.15) is 11.1 Å². The van der Waals surface area contributed by atoms with E-state index in [-0.39, 0.29) is 0 Å². The van der Waals surface area contributed by atoms with Crippen molar-refractivity contribution in [1.82, 2.24) is 0 Å². The van der Waals surface area contributed by atoms with Gasteiger partial charge in [-0.15, -0.1) is 0 Å². The van der Waals surface area contributed by atoms with Crippen LogP contribution in [-0.4, -0.2) is 26.1 Å². The summed E-state index contributed by atoms with van der Waals surface area (Å²) in [6, 6.07) is 16.3. The molecule has 0 spiro atoms. The van der Waals surface area contributed by atoms with E-state index in [1.807, 2.05) is 36.4 Å². The molecule has 2 nitrogen and oxygen atoms in total. The molecule has 0 atom stereocenters. The van der Waals surface area contributed by atoms with Gasteiger partial charge >= 0.3 is 0 Å². The van der Waals surface area contributed by atoms with Crippen LogP contribution in [0, 0.1) is 11.8 Å². The van der Waals surface area contributed by atoms with E-state index in [1.54, 1.807) is 37.7 Å². The molecule has 0 aliphatic carbocycles. The van der Waals surface area contributed by atoms with E-state index >= 15 is 0 Å². The van der Waals surface area contributed by atoms with Crippen LogP contribution in [0.5, 0.6) is 0 Å². The lowest BCUT2D eigenvalue weighted by Crippen LogP contribution is -1.87. The smallest absolute Gasteiger partial charge is 0.0963 e. The molecule has 0 radical (unpaired) electrons. The van der Waals surface area contributed by atoms with Crippen molar-refractivity contribution in [2.45, 2.75) is 9.79 Å². The molecule has 0 amide bonds. The van der Waals surface area contributed by atoms with E-state index in [9.17, 15) is 0 Å². The SMILES string of the molecule is COCSc1ccccc1C#Cc1ccccc1SCOC. The number of benzene rings is 2. The van der Waals surface area contributed by atoms with Crippen molar-refractivity contribution in [3.05, 3.63) is 59.7 Å². The first-order valence-electron chi connectivity index (χ1n) is 6.78. The summed E-state index contributed by atoms with van der Waals surface area (Å²) in [7, 11) is 3.40. The van der Waals surface area contributed by atoms with E-state index in [1.165, 1.54) is 0 Å². The fourth-order valence-corrected chi connectivity index (χ4v) is 3.16. The molecule has 2 aromatic rings.